The molecule has 0 bridgehead atoms. The van der Waals surface area contributed by atoms with Crippen LogP contribution in [-0.2, 0) is 16.1 Å². The molecule has 2 aromatic carbocycles. The van der Waals surface area contributed by atoms with Gasteiger partial charge in [-0.1, -0.05) is 23.7 Å². The number of likely N-dealkylation sites (N-methyl/N-ethyl adjacent to an activating group) is 1. The van der Waals surface area contributed by atoms with Gasteiger partial charge in [-0.3, -0.25) is 19.1 Å². The van der Waals surface area contributed by atoms with E-state index in [1.165, 1.54) is 4.57 Å². The molecular formula is C25H29ClN4O4. The molecule has 0 unspecified atom stereocenters. The lowest BCUT2D eigenvalue weighted by atomic mass is 10.1. The van der Waals surface area contributed by atoms with Gasteiger partial charge in [0.25, 0.3) is 5.56 Å². The Morgan fingerprint density at radius 2 is 2.03 bits per heavy atom. The fourth-order valence-corrected chi connectivity index (χ4v) is 4.17. The highest BCUT2D eigenvalue weighted by molar-refractivity contribution is 6.30. The first-order valence-electron chi connectivity index (χ1n) is 11.6. The molecule has 0 aliphatic carbocycles. The normalized spacial score (nSPS) is 14.3. The Hall–Kier alpha value is -2.94. The second-order valence-electron chi connectivity index (χ2n) is 8.13. The molecule has 1 N–H and O–H groups in total. The Bertz CT molecular complexity index is 1210. The summed E-state index contributed by atoms with van der Waals surface area (Å²) < 4.78 is 12.7. The first kappa shape index (κ1) is 24.2. The van der Waals surface area contributed by atoms with Crippen molar-refractivity contribution in [2.75, 3.05) is 46.0 Å². The fourth-order valence-electron chi connectivity index (χ4n) is 3.98. The molecule has 8 nitrogen and oxygen atoms in total. The van der Waals surface area contributed by atoms with Gasteiger partial charge in [0.05, 0.1) is 30.7 Å². The van der Waals surface area contributed by atoms with Crippen molar-refractivity contribution in [3.63, 3.8) is 0 Å². The number of hydrogen-bond donors (Lipinski definition) is 1. The largest absolute Gasteiger partial charge is 0.494 e. The highest BCUT2D eigenvalue weighted by atomic mass is 35.5. The predicted octanol–water partition coefficient (Wildman–Crippen LogP) is 2.95. The summed E-state index contributed by atoms with van der Waals surface area (Å²) in [5.74, 6) is 0.739. The third-order valence-corrected chi connectivity index (χ3v) is 5.91. The zero-order valence-corrected chi connectivity index (χ0v) is 20.0. The maximum Gasteiger partial charge on any atom is 0.262 e. The predicted molar refractivity (Wildman–Crippen MR) is 133 cm³/mol. The van der Waals surface area contributed by atoms with Gasteiger partial charge in [0, 0.05) is 36.8 Å². The minimum Gasteiger partial charge on any atom is -0.494 e. The lowest BCUT2D eigenvalue weighted by Gasteiger charge is -2.26. The summed E-state index contributed by atoms with van der Waals surface area (Å²) in [6.45, 7) is 7.11. The molecule has 4 rings (SSSR count). The van der Waals surface area contributed by atoms with E-state index < -0.39 is 0 Å². The van der Waals surface area contributed by atoms with Gasteiger partial charge in [0.1, 0.15) is 18.1 Å². The number of nitrogens with one attached hydrogen (secondary N) is 1. The van der Waals surface area contributed by atoms with Crippen molar-refractivity contribution < 1.29 is 14.3 Å². The summed E-state index contributed by atoms with van der Waals surface area (Å²) in [5.41, 5.74) is 0.900. The summed E-state index contributed by atoms with van der Waals surface area (Å²) in [7, 11) is 0. The summed E-state index contributed by atoms with van der Waals surface area (Å²) >= 11 is 6.17. The summed E-state index contributed by atoms with van der Waals surface area (Å²) in [6, 6.07) is 12.4. The van der Waals surface area contributed by atoms with Gasteiger partial charge in [-0.05, 0) is 43.7 Å². The molecular weight excluding hydrogens is 456 g/mol. The molecule has 1 amide bonds. The molecule has 1 fully saturated rings. The van der Waals surface area contributed by atoms with Crippen molar-refractivity contribution in [1.82, 2.24) is 19.8 Å². The lowest BCUT2D eigenvalue weighted by molar-refractivity contribution is -0.121. The number of rotatable bonds is 9. The van der Waals surface area contributed by atoms with Gasteiger partial charge in [0.15, 0.2) is 0 Å². The highest BCUT2D eigenvalue weighted by Gasteiger charge is 2.16. The first-order valence-corrected chi connectivity index (χ1v) is 11.9. The van der Waals surface area contributed by atoms with Crippen LogP contribution in [0.4, 0.5) is 0 Å². The molecule has 1 aliphatic rings. The minimum atomic E-state index is -0.301. The van der Waals surface area contributed by atoms with Gasteiger partial charge >= 0.3 is 0 Å². The van der Waals surface area contributed by atoms with Gasteiger partial charge in [-0.15, -0.1) is 0 Å². The van der Waals surface area contributed by atoms with E-state index in [0.29, 0.717) is 46.2 Å². The van der Waals surface area contributed by atoms with E-state index in [1.54, 1.807) is 30.3 Å². The van der Waals surface area contributed by atoms with Crippen LogP contribution in [0.3, 0.4) is 0 Å². The molecule has 1 aliphatic heterocycles. The number of ether oxygens (including phenoxy) is 2. The Labute approximate surface area is 203 Å². The van der Waals surface area contributed by atoms with Crippen molar-refractivity contribution in [3.05, 3.63) is 57.8 Å². The summed E-state index contributed by atoms with van der Waals surface area (Å²) in [4.78, 5) is 32.9. The van der Waals surface area contributed by atoms with E-state index >= 15 is 0 Å². The molecule has 1 saturated heterocycles. The van der Waals surface area contributed by atoms with E-state index in [9.17, 15) is 9.59 Å². The Balaban J connectivity index is 1.59. The van der Waals surface area contributed by atoms with Crippen LogP contribution in [0.1, 0.15) is 13.3 Å². The minimum absolute atomic E-state index is 0.137. The number of amides is 1. The van der Waals surface area contributed by atoms with Crippen LogP contribution in [0.5, 0.6) is 5.75 Å². The van der Waals surface area contributed by atoms with Crippen molar-refractivity contribution in [2.45, 2.75) is 19.9 Å². The third-order valence-electron chi connectivity index (χ3n) is 5.68. The number of benzene rings is 2. The number of nitrogens with zero attached hydrogens (tertiary/aromatic N) is 3. The third kappa shape index (κ3) is 5.94. The standard InChI is InChI=1S/C25H29ClN4O4/c1-2-27-23(31)17-30-24(18-5-3-6-19(26)15-18)28-22-8-7-20(16-21(22)25(30)32)34-12-4-9-29-10-13-33-14-11-29/h3,5-8,15-16H,2,4,9-14,17H2,1H3,(H,27,31). The molecule has 0 saturated carbocycles. The van der Waals surface area contributed by atoms with Crippen LogP contribution >= 0.6 is 11.6 Å². The number of morpholine rings is 1. The number of carbonyl (C=O) groups is 1. The SMILES string of the molecule is CCNC(=O)Cn1c(-c2cccc(Cl)c2)nc2ccc(OCCCN3CCOCC3)cc2c1=O. The number of hydrogen-bond acceptors (Lipinski definition) is 6. The average Bonchev–Trinajstić information content (AvgIpc) is 2.84. The van der Waals surface area contributed by atoms with Crippen molar-refractivity contribution in [3.8, 4) is 17.1 Å². The van der Waals surface area contributed by atoms with E-state index in [2.05, 4.69) is 10.2 Å². The number of fused-ring (bicyclic) bond motifs is 1. The molecule has 2 heterocycles. The van der Waals surface area contributed by atoms with Gasteiger partial charge < -0.3 is 14.8 Å². The maximum absolute atomic E-state index is 13.5. The molecule has 180 valence electrons. The zero-order valence-electron chi connectivity index (χ0n) is 19.3. The lowest BCUT2D eigenvalue weighted by Crippen LogP contribution is -2.37. The Morgan fingerprint density at radius 1 is 1.21 bits per heavy atom. The topological polar surface area (TPSA) is 85.7 Å². The van der Waals surface area contributed by atoms with Crippen molar-refractivity contribution in [2.24, 2.45) is 0 Å². The summed E-state index contributed by atoms with van der Waals surface area (Å²) in [5, 5.41) is 3.67. The zero-order chi connectivity index (χ0) is 23.9. The molecule has 1 aromatic heterocycles. The van der Waals surface area contributed by atoms with Crippen LogP contribution < -0.4 is 15.6 Å². The van der Waals surface area contributed by atoms with Gasteiger partial charge in [-0.2, -0.15) is 0 Å². The molecule has 0 atom stereocenters. The second kappa shape index (κ2) is 11.5. The number of halogens is 1. The van der Waals surface area contributed by atoms with Gasteiger partial charge in [-0.25, -0.2) is 4.98 Å². The Kier molecular flexibility index (Phi) is 8.16. The highest BCUT2D eigenvalue weighted by Crippen LogP contribution is 2.24. The summed E-state index contributed by atoms with van der Waals surface area (Å²) in [6.07, 6.45) is 0.880. The van der Waals surface area contributed by atoms with Crippen LogP contribution in [0.25, 0.3) is 22.3 Å². The molecule has 0 radical (unpaired) electrons. The monoisotopic (exact) mass is 484 g/mol. The molecule has 3 aromatic rings. The smallest absolute Gasteiger partial charge is 0.262 e. The second-order valence-corrected chi connectivity index (χ2v) is 8.56. The van der Waals surface area contributed by atoms with Crippen LogP contribution in [0.2, 0.25) is 5.02 Å². The first-order chi connectivity index (χ1) is 16.5. The average molecular weight is 485 g/mol. The van der Waals surface area contributed by atoms with Crippen LogP contribution in [-0.4, -0.2) is 66.4 Å². The van der Waals surface area contributed by atoms with E-state index in [-0.39, 0.29) is 18.0 Å². The van der Waals surface area contributed by atoms with Crippen molar-refractivity contribution >= 4 is 28.4 Å². The van der Waals surface area contributed by atoms with Crippen LogP contribution in [0.15, 0.2) is 47.3 Å². The number of aromatic nitrogens is 2. The molecule has 9 heteroatoms. The maximum atomic E-state index is 13.5. The van der Waals surface area contributed by atoms with E-state index in [4.69, 9.17) is 26.1 Å². The van der Waals surface area contributed by atoms with Crippen molar-refractivity contribution in [1.29, 1.82) is 0 Å². The van der Waals surface area contributed by atoms with E-state index in [0.717, 1.165) is 39.3 Å². The Morgan fingerprint density at radius 3 is 2.79 bits per heavy atom. The molecule has 34 heavy (non-hydrogen) atoms. The quantitative estimate of drug-likeness (QED) is 0.470. The van der Waals surface area contributed by atoms with Crippen LogP contribution in [0, 0.1) is 0 Å². The van der Waals surface area contributed by atoms with Gasteiger partial charge in [0.2, 0.25) is 5.91 Å². The fraction of sp³-hybridized carbons (Fsp3) is 0.400. The number of carbonyl (C=O) groups excluding carboxylic acids is 1. The van der Waals surface area contributed by atoms with E-state index in [1.807, 2.05) is 19.1 Å². The molecule has 0 spiro atoms.